The molecule has 1 amide bonds. The van der Waals surface area contributed by atoms with Crippen LogP contribution in [0.3, 0.4) is 0 Å². The van der Waals surface area contributed by atoms with E-state index in [1.54, 1.807) is 0 Å². The van der Waals surface area contributed by atoms with Crippen LogP contribution >= 0.6 is 0 Å². The number of nitrogens with zero attached hydrogens (tertiary/aromatic N) is 1. The molecule has 4 nitrogen and oxygen atoms in total. The maximum absolute atomic E-state index is 11.3. The van der Waals surface area contributed by atoms with Crippen molar-refractivity contribution in [2.45, 2.75) is 26.3 Å². The summed E-state index contributed by atoms with van der Waals surface area (Å²) in [5, 5.41) is 6.16. The minimum absolute atomic E-state index is 0.102. The van der Waals surface area contributed by atoms with Crippen molar-refractivity contribution in [1.29, 1.82) is 0 Å². The normalized spacial score (nSPS) is 12.0. The third-order valence-electron chi connectivity index (χ3n) is 3.09. The van der Waals surface area contributed by atoms with Gasteiger partial charge in [0.25, 0.3) is 0 Å². The molecule has 1 aromatic carbocycles. The summed E-state index contributed by atoms with van der Waals surface area (Å²) in [5.74, 6) is 0.102. The van der Waals surface area contributed by atoms with Gasteiger partial charge in [0.05, 0.1) is 0 Å². The molecule has 0 bridgehead atoms. The van der Waals surface area contributed by atoms with E-state index < -0.39 is 0 Å². The number of hydrogen-bond donors (Lipinski definition) is 2. The van der Waals surface area contributed by atoms with E-state index >= 15 is 0 Å². The third-order valence-corrected chi connectivity index (χ3v) is 3.09. The molecular formula is C15H25N3O. The van der Waals surface area contributed by atoms with Crippen LogP contribution in [0.4, 0.5) is 5.69 Å². The topological polar surface area (TPSA) is 44.4 Å². The average molecular weight is 263 g/mol. The molecule has 0 saturated heterocycles. The minimum Gasteiger partial charge on any atom is -0.378 e. The minimum atomic E-state index is 0.102. The van der Waals surface area contributed by atoms with Crippen molar-refractivity contribution in [3.8, 4) is 0 Å². The molecule has 106 valence electrons. The number of anilines is 1. The van der Waals surface area contributed by atoms with Crippen molar-refractivity contribution in [1.82, 2.24) is 10.6 Å². The van der Waals surface area contributed by atoms with E-state index in [1.807, 2.05) is 21.0 Å². The fourth-order valence-electron chi connectivity index (χ4n) is 1.87. The van der Waals surface area contributed by atoms with Gasteiger partial charge < -0.3 is 15.5 Å². The second-order valence-corrected chi connectivity index (χ2v) is 4.87. The lowest BCUT2D eigenvalue weighted by molar-refractivity contribution is -0.120. The molecule has 0 aliphatic rings. The van der Waals surface area contributed by atoms with E-state index in [1.165, 1.54) is 11.3 Å². The SMILES string of the molecule is CCNC(=O)CCNC(C)c1ccc(N(C)C)cc1. The summed E-state index contributed by atoms with van der Waals surface area (Å²) in [6, 6.07) is 8.72. The molecule has 19 heavy (non-hydrogen) atoms. The molecular weight excluding hydrogens is 238 g/mol. The fourth-order valence-corrected chi connectivity index (χ4v) is 1.87. The van der Waals surface area contributed by atoms with E-state index in [0.29, 0.717) is 19.5 Å². The smallest absolute Gasteiger partial charge is 0.221 e. The molecule has 0 aliphatic heterocycles. The second-order valence-electron chi connectivity index (χ2n) is 4.87. The highest BCUT2D eigenvalue weighted by molar-refractivity contribution is 5.75. The first-order valence-corrected chi connectivity index (χ1v) is 6.82. The summed E-state index contributed by atoms with van der Waals surface area (Å²) >= 11 is 0. The van der Waals surface area contributed by atoms with Crippen LogP contribution in [0.1, 0.15) is 31.9 Å². The molecule has 4 heteroatoms. The lowest BCUT2D eigenvalue weighted by atomic mass is 10.1. The van der Waals surface area contributed by atoms with Crippen LogP contribution in [-0.2, 0) is 4.79 Å². The summed E-state index contributed by atoms with van der Waals surface area (Å²) in [6.07, 6.45) is 0.522. The largest absolute Gasteiger partial charge is 0.378 e. The van der Waals surface area contributed by atoms with E-state index in [0.717, 1.165) is 0 Å². The van der Waals surface area contributed by atoms with Crippen molar-refractivity contribution in [2.75, 3.05) is 32.1 Å². The summed E-state index contributed by atoms with van der Waals surface area (Å²) in [5.41, 5.74) is 2.43. The highest BCUT2D eigenvalue weighted by atomic mass is 16.1. The van der Waals surface area contributed by atoms with Crippen molar-refractivity contribution in [3.05, 3.63) is 29.8 Å². The van der Waals surface area contributed by atoms with Gasteiger partial charge in [-0.25, -0.2) is 0 Å². The molecule has 1 unspecified atom stereocenters. The Labute approximate surface area is 116 Å². The summed E-state index contributed by atoms with van der Waals surface area (Å²) < 4.78 is 0. The lowest BCUT2D eigenvalue weighted by Crippen LogP contribution is -2.28. The van der Waals surface area contributed by atoms with Gasteiger partial charge in [-0.3, -0.25) is 4.79 Å². The van der Waals surface area contributed by atoms with Crippen molar-refractivity contribution in [2.24, 2.45) is 0 Å². The Bertz CT molecular complexity index is 387. The number of amides is 1. The standard InChI is InChI=1S/C15H25N3O/c1-5-16-15(19)10-11-17-12(2)13-6-8-14(9-7-13)18(3)4/h6-9,12,17H,5,10-11H2,1-4H3,(H,16,19). The van der Waals surface area contributed by atoms with Gasteiger partial charge in [-0.2, -0.15) is 0 Å². The zero-order chi connectivity index (χ0) is 14.3. The van der Waals surface area contributed by atoms with Crippen LogP contribution in [0, 0.1) is 0 Å². The molecule has 1 atom stereocenters. The average Bonchev–Trinajstić information content (AvgIpc) is 2.39. The Balaban J connectivity index is 2.40. The number of carbonyl (C=O) groups excluding carboxylic acids is 1. The van der Waals surface area contributed by atoms with Gasteiger partial charge in [0, 0.05) is 45.3 Å². The number of nitrogens with one attached hydrogen (secondary N) is 2. The van der Waals surface area contributed by atoms with Crippen LogP contribution in [-0.4, -0.2) is 33.1 Å². The van der Waals surface area contributed by atoms with Gasteiger partial charge in [-0.05, 0) is 31.5 Å². The van der Waals surface area contributed by atoms with Crippen LogP contribution in [0.15, 0.2) is 24.3 Å². The molecule has 0 heterocycles. The van der Waals surface area contributed by atoms with E-state index in [-0.39, 0.29) is 11.9 Å². The highest BCUT2D eigenvalue weighted by Crippen LogP contribution is 2.17. The quantitative estimate of drug-likeness (QED) is 0.790. The van der Waals surface area contributed by atoms with Crippen LogP contribution in [0.25, 0.3) is 0 Å². The van der Waals surface area contributed by atoms with Gasteiger partial charge >= 0.3 is 0 Å². The van der Waals surface area contributed by atoms with Gasteiger partial charge in [0.2, 0.25) is 5.91 Å². The third kappa shape index (κ3) is 5.30. The van der Waals surface area contributed by atoms with E-state index in [9.17, 15) is 4.79 Å². The number of carbonyl (C=O) groups is 1. The van der Waals surface area contributed by atoms with Crippen LogP contribution in [0.2, 0.25) is 0 Å². The lowest BCUT2D eigenvalue weighted by Gasteiger charge is -2.17. The van der Waals surface area contributed by atoms with Crippen LogP contribution < -0.4 is 15.5 Å². The van der Waals surface area contributed by atoms with Gasteiger partial charge in [-0.15, -0.1) is 0 Å². The zero-order valence-electron chi connectivity index (χ0n) is 12.4. The van der Waals surface area contributed by atoms with Crippen molar-refractivity contribution >= 4 is 11.6 Å². The van der Waals surface area contributed by atoms with Gasteiger partial charge in [0.15, 0.2) is 0 Å². The number of rotatable bonds is 7. The van der Waals surface area contributed by atoms with Crippen molar-refractivity contribution in [3.63, 3.8) is 0 Å². The van der Waals surface area contributed by atoms with E-state index in [4.69, 9.17) is 0 Å². The molecule has 0 aliphatic carbocycles. The molecule has 0 saturated carbocycles. The predicted molar refractivity (Wildman–Crippen MR) is 80.5 cm³/mol. The Morgan fingerprint density at radius 3 is 2.42 bits per heavy atom. The molecule has 0 aromatic heterocycles. The highest BCUT2D eigenvalue weighted by Gasteiger charge is 2.06. The predicted octanol–water partition coefficient (Wildman–Crippen LogP) is 1.93. The first-order valence-electron chi connectivity index (χ1n) is 6.82. The molecule has 2 N–H and O–H groups in total. The monoisotopic (exact) mass is 263 g/mol. The maximum atomic E-state index is 11.3. The van der Waals surface area contributed by atoms with Crippen LogP contribution in [0.5, 0.6) is 0 Å². The summed E-state index contributed by atoms with van der Waals surface area (Å²) in [6.45, 7) is 5.44. The molecule has 0 fully saturated rings. The van der Waals surface area contributed by atoms with Crippen molar-refractivity contribution < 1.29 is 4.79 Å². The fraction of sp³-hybridized carbons (Fsp3) is 0.533. The Morgan fingerprint density at radius 1 is 1.26 bits per heavy atom. The second kappa shape index (κ2) is 7.79. The summed E-state index contributed by atoms with van der Waals surface area (Å²) in [4.78, 5) is 13.4. The van der Waals surface area contributed by atoms with E-state index in [2.05, 4.69) is 46.7 Å². The first-order chi connectivity index (χ1) is 9.04. The maximum Gasteiger partial charge on any atom is 0.221 e. The number of benzene rings is 1. The zero-order valence-corrected chi connectivity index (χ0v) is 12.4. The molecule has 1 aromatic rings. The summed E-state index contributed by atoms with van der Waals surface area (Å²) in [7, 11) is 4.06. The Morgan fingerprint density at radius 2 is 1.89 bits per heavy atom. The molecule has 1 rings (SSSR count). The molecule has 0 radical (unpaired) electrons. The number of hydrogen-bond acceptors (Lipinski definition) is 3. The first kappa shape index (κ1) is 15.5. The molecule has 0 spiro atoms. The van der Waals surface area contributed by atoms with Gasteiger partial charge in [-0.1, -0.05) is 12.1 Å². The van der Waals surface area contributed by atoms with Gasteiger partial charge in [0.1, 0.15) is 0 Å². The Kier molecular flexibility index (Phi) is 6.36. The Hall–Kier alpha value is -1.55.